The summed E-state index contributed by atoms with van der Waals surface area (Å²) in [4.78, 5) is 7.29. The molecule has 2 heterocycles. The van der Waals surface area contributed by atoms with Crippen molar-refractivity contribution in [3.63, 3.8) is 0 Å². The lowest BCUT2D eigenvalue weighted by Crippen LogP contribution is -2.29. The SMILES string of the molecule is CCC(c1nc(CCl)cs1)N1CCC(C(C)(C)C)C1. The standard InChI is InChI=1S/C15H25ClN2S/c1-5-13(14-17-12(8-16)10-19-14)18-7-6-11(9-18)15(2,3)4/h10-11,13H,5-9H2,1-4H3. The van der Waals surface area contributed by atoms with E-state index in [0.717, 1.165) is 18.0 Å². The number of aromatic nitrogens is 1. The molecule has 2 atom stereocenters. The smallest absolute Gasteiger partial charge is 0.110 e. The van der Waals surface area contributed by atoms with Gasteiger partial charge in [-0.3, -0.25) is 4.90 Å². The van der Waals surface area contributed by atoms with Gasteiger partial charge < -0.3 is 0 Å². The topological polar surface area (TPSA) is 16.1 Å². The lowest BCUT2D eigenvalue weighted by atomic mass is 9.80. The van der Waals surface area contributed by atoms with Crippen LogP contribution in [0.4, 0.5) is 0 Å². The van der Waals surface area contributed by atoms with Crippen molar-refractivity contribution in [1.29, 1.82) is 0 Å². The summed E-state index contributed by atoms with van der Waals surface area (Å²) in [6.07, 6.45) is 2.44. The van der Waals surface area contributed by atoms with E-state index in [2.05, 4.69) is 43.0 Å². The maximum absolute atomic E-state index is 5.86. The van der Waals surface area contributed by atoms with Crippen molar-refractivity contribution < 1.29 is 0 Å². The first-order chi connectivity index (χ1) is 8.95. The van der Waals surface area contributed by atoms with Gasteiger partial charge in [0.05, 0.1) is 17.6 Å². The van der Waals surface area contributed by atoms with E-state index in [4.69, 9.17) is 11.6 Å². The number of likely N-dealkylation sites (tertiary alicyclic amines) is 1. The molecule has 2 unspecified atom stereocenters. The molecule has 0 spiro atoms. The van der Waals surface area contributed by atoms with Gasteiger partial charge in [0, 0.05) is 11.9 Å². The van der Waals surface area contributed by atoms with Gasteiger partial charge in [-0.15, -0.1) is 22.9 Å². The van der Waals surface area contributed by atoms with Gasteiger partial charge in [-0.25, -0.2) is 4.98 Å². The number of rotatable bonds is 4. The molecule has 0 saturated carbocycles. The van der Waals surface area contributed by atoms with E-state index in [1.165, 1.54) is 24.5 Å². The normalized spacial score (nSPS) is 22.9. The van der Waals surface area contributed by atoms with Crippen molar-refractivity contribution in [2.24, 2.45) is 11.3 Å². The Balaban J connectivity index is 2.07. The molecule has 4 heteroatoms. The van der Waals surface area contributed by atoms with Crippen LogP contribution < -0.4 is 0 Å². The van der Waals surface area contributed by atoms with E-state index >= 15 is 0 Å². The Bertz CT molecular complexity index is 411. The Hall–Kier alpha value is -0.120. The summed E-state index contributed by atoms with van der Waals surface area (Å²) in [5.74, 6) is 1.33. The highest BCUT2D eigenvalue weighted by Crippen LogP contribution is 2.38. The third-order valence-corrected chi connectivity index (χ3v) is 5.53. The number of hydrogen-bond donors (Lipinski definition) is 0. The molecule has 1 aromatic heterocycles. The molecule has 1 aliphatic heterocycles. The van der Waals surface area contributed by atoms with Crippen molar-refractivity contribution in [3.05, 3.63) is 16.1 Å². The number of thiazole rings is 1. The first-order valence-corrected chi connectivity index (χ1v) is 8.61. The summed E-state index contributed by atoms with van der Waals surface area (Å²) in [5, 5.41) is 3.34. The fraction of sp³-hybridized carbons (Fsp3) is 0.800. The van der Waals surface area contributed by atoms with E-state index < -0.39 is 0 Å². The first kappa shape index (κ1) is 15.3. The van der Waals surface area contributed by atoms with Crippen molar-refractivity contribution in [2.45, 2.75) is 52.5 Å². The van der Waals surface area contributed by atoms with E-state index in [0.29, 0.717) is 17.3 Å². The summed E-state index contributed by atoms with van der Waals surface area (Å²) in [5.41, 5.74) is 1.43. The fourth-order valence-corrected chi connectivity index (χ4v) is 4.17. The van der Waals surface area contributed by atoms with Crippen LogP contribution in [0.1, 0.15) is 57.3 Å². The molecule has 1 aromatic rings. The minimum atomic E-state index is 0.414. The van der Waals surface area contributed by atoms with Gasteiger partial charge in [0.1, 0.15) is 5.01 Å². The van der Waals surface area contributed by atoms with Gasteiger partial charge in [0.25, 0.3) is 0 Å². The first-order valence-electron chi connectivity index (χ1n) is 7.20. The van der Waals surface area contributed by atoms with Gasteiger partial charge in [0.2, 0.25) is 0 Å². The molecule has 1 saturated heterocycles. The summed E-state index contributed by atoms with van der Waals surface area (Å²) in [7, 11) is 0. The Kier molecular flexibility index (Phi) is 4.91. The zero-order valence-electron chi connectivity index (χ0n) is 12.4. The number of hydrogen-bond acceptors (Lipinski definition) is 3. The van der Waals surface area contributed by atoms with Crippen molar-refractivity contribution in [1.82, 2.24) is 9.88 Å². The van der Waals surface area contributed by atoms with E-state index in [1.54, 1.807) is 11.3 Å². The molecule has 2 rings (SSSR count). The average molecular weight is 301 g/mol. The molecule has 0 bridgehead atoms. The van der Waals surface area contributed by atoms with Gasteiger partial charge in [-0.1, -0.05) is 27.7 Å². The zero-order chi connectivity index (χ0) is 14.0. The molecular formula is C15H25ClN2S. The van der Waals surface area contributed by atoms with Crippen LogP contribution in [0.15, 0.2) is 5.38 Å². The number of halogens is 1. The minimum absolute atomic E-state index is 0.414. The second-order valence-corrected chi connectivity index (χ2v) is 7.74. The molecule has 1 fully saturated rings. The van der Waals surface area contributed by atoms with Gasteiger partial charge in [-0.2, -0.15) is 0 Å². The van der Waals surface area contributed by atoms with Crippen LogP contribution in [-0.4, -0.2) is 23.0 Å². The molecule has 1 aliphatic rings. The summed E-state index contributed by atoms with van der Waals surface area (Å²) < 4.78 is 0. The Morgan fingerprint density at radius 1 is 1.53 bits per heavy atom. The summed E-state index contributed by atoms with van der Waals surface area (Å²) >= 11 is 7.63. The lowest BCUT2D eigenvalue weighted by Gasteiger charge is -2.29. The van der Waals surface area contributed by atoms with Crippen LogP contribution >= 0.6 is 22.9 Å². The Morgan fingerprint density at radius 2 is 2.26 bits per heavy atom. The number of alkyl halides is 1. The van der Waals surface area contributed by atoms with Gasteiger partial charge >= 0.3 is 0 Å². The molecule has 2 nitrogen and oxygen atoms in total. The highest BCUT2D eigenvalue weighted by Gasteiger charge is 2.35. The van der Waals surface area contributed by atoms with Crippen molar-refractivity contribution in [3.8, 4) is 0 Å². The number of nitrogens with zero attached hydrogens (tertiary/aromatic N) is 2. The van der Waals surface area contributed by atoms with Crippen molar-refractivity contribution in [2.75, 3.05) is 13.1 Å². The van der Waals surface area contributed by atoms with Crippen LogP contribution in [0.3, 0.4) is 0 Å². The van der Waals surface area contributed by atoms with Gasteiger partial charge in [0.15, 0.2) is 0 Å². The molecule has 0 amide bonds. The van der Waals surface area contributed by atoms with Crippen LogP contribution in [0, 0.1) is 11.3 Å². The van der Waals surface area contributed by atoms with E-state index in [9.17, 15) is 0 Å². The predicted molar refractivity (Wildman–Crippen MR) is 83.8 cm³/mol. The third kappa shape index (κ3) is 3.50. The van der Waals surface area contributed by atoms with Crippen LogP contribution in [0.5, 0.6) is 0 Å². The maximum atomic E-state index is 5.86. The average Bonchev–Trinajstić information content (AvgIpc) is 2.98. The highest BCUT2D eigenvalue weighted by atomic mass is 35.5. The maximum Gasteiger partial charge on any atom is 0.110 e. The zero-order valence-corrected chi connectivity index (χ0v) is 14.0. The molecular weight excluding hydrogens is 276 g/mol. The molecule has 19 heavy (non-hydrogen) atoms. The largest absolute Gasteiger partial charge is 0.294 e. The quantitative estimate of drug-likeness (QED) is 0.749. The summed E-state index contributed by atoms with van der Waals surface area (Å²) in [6, 6.07) is 0.481. The molecule has 0 radical (unpaired) electrons. The van der Waals surface area contributed by atoms with Crippen molar-refractivity contribution >= 4 is 22.9 Å². The fourth-order valence-electron chi connectivity index (χ4n) is 2.90. The predicted octanol–water partition coefficient (Wildman–Crippen LogP) is 4.70. The second kappa shape index (κ2) is 6.11. The van der Waals surface area contributed by atoms with Crippen LogP contribution in [-0.2, 0) is 5.88 Å². The Labute approximate surface area is 126 Å². The van der Waals surface area contributed by atoms with E-state index in [1.807, 2.05) is 0 Å². The third-order valence-electron chi connectivity index (χ3n) is 4.26. The van der Waals surface area contributed by atoms with E-state index in [-0.39, 0.29) is 0 Å². The molecule has 0 aromatic carbocycles. The highest BCUT2D eigenvalue weighted by molar-refractivity contribution is 7.09. The molecule has 0 N–H and O–H groups in total. The van der Waals surface area contributed by atoms with Gasteiger partial charge in [-0.05, 0) is 30.7 Å². The molecule has 108 valence electrons. The lowest BCUT2D eigenvalue weighted by molar-refractivity contribution is 0.191. The minimum Gasteiger partial charge on any atom is -0.294 e. The second-order valence-electron chi connectivity index (χ2n) is 6.58. The Morgan fingerprint density at radius 3 is 2.74 bits per heavy atom. The van der Waals surface area contributed by atoms with Crippen LogP contribution in [0.2, 0.25) is 0 Å². The van der Waals surface area contributed by atoms with Crippen LogP contribution in [0.25, 0.3) is 0 Å². The monoisotopic (exact) mass is 300 g/mol. The summed E-state index contributed by atoms with van der Waals surface area (Å²) in [6.45, 7) is 11.7. The molecule has 0 aliphatic carbocycles.